The van der Waals surface area contributed by atoms with E-state index in [0.717, 1.165) is 0 Å². The molecular formula is C12H14O4. The largest absolute Gasteiger partial charge is 0.497 e. The van der Waals surface area contributed by atoms with Gasteiger partial charge in [-0.25, -0.2) is 0 Å². The molecule has 0 amide bonds. The van der Waals surface area contributed by atoms with Crippen LogP contribution in [0.3, 0.4) is 0 Å². The topological polar surface area (TPSA) is 52.6 Å². The first-order valence-corrected chi connectivity index (χ1v) is 4.86. The highest BCUT2D eigenvalue weighted by Crippen LogP contribution is 2.18. The van der Waals surface area contributed by atoms with Gasteiger partial charge in [0.05, 0.1) is 7.11 Å². The molecule has 0 aliphatic rings. The van der Waals surface area contributed by atoms with E-state index in [2.05, 4.69) is 0 Å². The monoisotopic (exact) mass is 222 g/mol. The fourth-order valence-corrected chi connectivity index (χ4v) is 1.24. The number of carbonyl (C=O) groups excluding carboxylic acids is 2. The van der Waals surface area contributed by atoms with Crippen molar-refractivity contribution < 1.29 is 19.1 Å². The third-order valence-corrected chi connectivity index (χ3v) is 2.05. The number of rotatable bonds is 5. The van der Waals surface area contributed by atoms with Crippen molar-refractivity contribution in [2.45, 2.75) is 20.0 Å². The molecule has 16 heavy (non-hydrogen) atoms. The minimum absolute atomic E-state index is 0.302. The van der Waals surface area contributed by atoms with Gasteiger partial charge in [0.25, 0.3) is 0 Å². The summed E-state index contributed by atoms with van der Waals surface area (Å²) in [6.07, 6.45) is -1.02. The van der Waals surface area contributed by atoms with Crippen molar-refractivity contribution in [1.82, 2.24) is 0 Å². The summed E-state index contributed by atoms with van der Waals surface area (Å²) in [5.74, 6) is 0.553. The Bertz CT molecular complexity index is 367. The van der Waals surface area contributed by atoms with Gasteiger partial charge in [-0.3, -0.25) is 9.59 Å². The number of hydrogen-bond acceptors (Lipinski definition) is 4. The number of hydrogen-bond donors (Lipinski definition) is 0. The Labute approximate surface area is 94.2 Å². The van der Waals surface area contributed by atoms with Crippen LogP contribution in [0.4, 0.5) is 0 Å². The number of ether oxygens (including phenoxy) is 2. The normalized spacial score (nSPS) is 10.0. The predicted molar refractivity (Wildman–Crippen MR) is 58.8 cm³/mol. The molecule has 0 saturated heterocycles. The molecule has 86 valence electrons. The average molecular weight is 222 g/mol. The molecule has 1 rings (SSSR count). The van der Waals surface area contributed by atoms with Gasteiger partial charge in [-0.1, -0.05) is 0 Å². The maximum absolute atomic E-state index is 11.1. The molecule has 0 saturated carbocycles. The molecule has 1 aromatic carbocycles. The molecule has 0 N–H and O–H groups in total. The lowest BCUT2D eigenvalue weighted by molar-refractivity contribution is -0.134. The first kappa shape index (κ1) is 12.2. The molecule has 4 nitrogen and oxygen atoms in total. The van der Waals surface area contributed by atoms with Gasteiger partial charge >= 0.3 is 0 Å². The number of ketones is 2. The maximum Gasteiger partial charge on any atom is 0.214 e. The van der Waals surface area contributed by atoms with Gasteiger partial charge in [-0.15, -0.1) is 0 Å². The lowest BCUT2D eigenvalue weighted by Gasteiger charge is -2.13. The second kappa shape index (κ2) is 5.30. The highest BCUT2D eigenvalue weighted by molar-refractivity contribution is 6.03. The molecule has 0 aliphatic heterocycles. The van der Waals surface area contributed by atoms with Gasteiger partial charge < -0.3 is 9.47 Å². The van der Waals surface area contributed by atoms with Crippen LogP contribution in [0.2, 0.25) is 0 Å². The molecule has 0 fully saturated rings. The van der Waals surface area contributed by atoms with Gasteiger partial charge in [0, 0.05) is 0 Å². The van der Waals surface area contributed by atoms with Crippen molar-refractivity contribution in [3.05, 3.63) is 24.3 Å². The molecule has 0 bridgehead atoms. The number of carbonyl (C=O) groups is 2. The first-order valence-electron chi connectivity index (χ1n) is 4.86. The fourth-order valence-electron chi connectivity index (χ4n) is 1.24. The van der Waals surface area contributed by atoms with Crippen LogP contribution in [0.1, 0.15) is 13.8 Å². The smallest absolute Gasteiger partial charge is 0.214 e. The minimum atomic E-state index is -1.02. The van der Waals surface area contributed by atoms with Crippen molar-refractivity contribution in [2.24, 2.45) is 0 Å². The molecule has 4 heteroatoms. The van der Waals surface area contributed by atoms with E-state index < -0.39 is 6.10 Å². The van der Waals surface area contributed by atoms with E-state index >= 15 is 0 Å². The standard InChI is InChI=1S/C12H14O4/c1-8(13)12(9(2)14)16-11-6-4-10(15-3)5-7-11/h4-7,12H,1-3H3. The highest BCUT2D eigenvalue weighted by atomic mass is 16.5. The van der Waals surface area contributed by atoms with Gasteiger partial charge in [-0.2, -0.15) is 0 Å². The summed E-state index contributed by atoms with van der Waals surface area (Å²) in [5.41, 5.74) is 0. The molecule has 0 heterocycles. The van der Waals surface area contributed by atoms with Gasteiger partial charge in [0.15, 0.2) is 11.6 Å². The van der Waals surface area contributed by atoms with E-state index in [1.54, 1.807) is 31.4 Å². The average Bonchev–Trinajstić information content (AvgIpc) is 2.25. The Morgan fingerprint density at radius 2 is 1.44 bits per heavy atom. The SMILES string of the molecule is COc1ccc(OC(C(C)=O)C(C)=O)cc1. The van der Waals surface area contributed by atoms with E-state index in [1.807, 2.05) is 0 Å². The zero-order valence-electron chi connectivity index (χ0n) is 9.52. The van der Waals surface area contributed by atoms with Gasteiger partial charge in [0.2, 0.25) is 6.10 Å². The number of methoxy groups -OCH3 is 1. The van der Waals surface area contributed by atoms with Crippen LogP contribution in [-0.4, -0.2) is 24.8 Å². The van der Waals surface area contributed by atoms with Gasteiger partial charge in [-0.05, 0) is 38.1 Å². The van der Waals surface area contributed by atoms with Crippen molar-refractivity contribution in [3.8, 4) is 11.5 Å². The Morgan fingerprint density at radius 1 is 1.00 bits per heavy atom. The quantitative estimate of drug-likeness (QED) is 0.710. The van der Waals surface area contributed by atoms with Crippen molar-refractivity contribution in [1.29, 1.82) is 0 Å². The predicted octanol–water partition coefficient (Wildman–Crippen LogP) is 1.62. The zero-order valence-corrected chi connectivity index (χ0v) is 9.52. The third kappa shape index (κ3) is 3.08. The second-order valence-corrected chi connectivity index (χ2v) is 3.39. The van der Waals surface area contributed by atoms with Crippen LogP contribution in [-0.2, 0) is 9.59 Å². The lowest BCUT2D eigenvalue weighted by atomic mass is 10.2. The van der Waals surface area contributed by atoms with E-state index in [-0.39, 0.29) is 11.6 Å². The Morgan fingerprint density at radius 3 is 1.81 bits per heavy atom. The molecule has 0 radical (unpaired) electrons. The van der Waals surface area contributed by atoms with Crippen LogP contribution in [0.5, 0.6) is 11.5 Å². The molecule has 0 aromatic heterocycles. The van der Waals surface area contributed by atoms with Crippen LogP contribution < -0.4 is 9.47 Å². The Hall–Kier alpha value is -1.84. The summed E-state index contributed by atoms with van der Waals surface area (Å²) in [7, 11) is 1.56. The molecular weight excluding hydrogens is 208 g/mol. The van der Waals surface area contributed by atoms with Crippen LogP contribution in [0.25, 0.3) is 0 Å². The Balaban J connectivity index is 2.77. The van der Waals surface area contributed by atoms with Crippen molar-refractivity contribution in [3.63, 3.8) is 0 Å². The molecule has 0 atom stereocenters. The molecule has 0 spiro atoms. The fraction of sp³-hybridized carbons (Fsp3) is 0.333. The van der Waals surface area contributed by atoms with E-state index in [4.69, 9.17) is 9.47 Å². The lowest BCUT2D eigenvalue weighted by Crippen LogP contribution is -2.32. The van der Waals surface area contributed by atoms with Crippen LogP contribution in [0.15, 0.2) is 24.3 Å². The van der Waals surface area contributed by atoms with Crippen LogP contribution >= 0.6 is 0 Å². The number of benzene rings is 1. The van der Waals surface area contributed by atoms with Crippen LogP contribution in [0, 0.1) is 0 Å². The Kier molecular flexibility index (Phi) is 4.05. The maximum atomic E-state index is 11.1. The highest BCUT2D eigenvalue weighted by Gasteiger charge is 2.21. The number of Topliss-reactive ketones (excluding diaryl/α,β-unsaturated/α-hetero) is 2. The van der Waals surface area contributed by atoms with E-state index in [9.17, 15) is 9.59 Å². The minimum Gasteiger partial charge on any atom is -0.497 e. The second-order valence-electron chi connectivity index (χ2n) is 3.39. The first-order chi connectivity index (χ1) is 7.54. The molecule has 0 unspecified atom stereocenters. The molecule has 1 aromatic rings. The zero-order chi connectivity index (χ0) is 12.1. The summed E-state index contributed by atoms with van der Waals surface area (Å²) in [6.45, 7) is 2.66. The van der Waals surface area contributed by atoms with Crippen molar-refractivity contribution >= 4 is 11.6 Å². The summed E-state index contributed by atoms with van der Waals surface area (Å²) >= 11 is 0. The summed E-state index contributed by atoms with van der Waals surface area (Å²) < 4.78 is 10.3. The van der Waals surface area contributed by atoms with Gasteiger partial charge in [0.1, 0.15) is 11.5 Å². The third-order valence-electron chi connectivity index (χ3n) is 2.05. The van der Waals surface area contributed by atoms with Crippen molar-refractivity contribution in [2.75, 3.05) is 7.11 Å². The summed E-state index contributed by atoms with van der Waals surface area (Å²) in [5, 5.41) is 0. The van der Waals surface area contributed by atoms with E-state index in [1.165, 1.54) is 13.8 Å². The summed E-state index contributed by atoms with van der Waals surface area (Å²) in [4.78, 5) is 22.3. The summed E-state index contributed by atoms with van der Waals surface area (Å²) in [6, 6.07) is 6.70. The molecule has 0 aliphatic carbocycles. The van der Waals surface area contributed by atoms with E-state index in [0.29, 0.717) is 11.5 Å².